The molecule has 0 aliphatic heterocycles. The Morgan fingerprint density at radius 3 is 2.64 bits per heavy atom. The summed E-state index contributed by atoms with van der Waals surface area (Å²) in [5, 5.41) is 14.6. The molecule has 0 atom stereocenters. The van der Waals surface area contributed by atoms with Crippen LogP contribution < -0.4 is 5.32 Å². The van der Waals surface area contributed by atoms with Gasteiger partial charge < -0.3 is 10.4 Å². The fraction of sp³-hybridized carbons (Fsp3) is 0.389. The number of thiophene rings is 1. The maximum atomic E-state index is 12.3. The van der Waals surface area contributed by atoms with Crippen LogP contribution in [0, 0.1) is 0 Å². The molecule has 2 N–H and O–H groups in total. The molecule has 25 heavy (non-hydrogen) atoms. The van der Waals surface area contributed by atoms with Crippen molar-refractivity contribution >= 4 is 46.2 Å². The number of carboxylic acids is 1. The molecule has 7 heteroatoms. The lowest BCUT2D eigenvalue weighted by molar-refractivity contribution is 0.0702. The number of thiazole rings is 1. The third-order valence-electron chi connectivity index (χ3n) is 4.24. The molecule has 0 saturated heterocycles. The van der Waals surface area contributed by atoms with E-state index in [1.807, 2.05) is 13.0 Å². The SMILES string of the molecule is C/C(=C\c1nc(C(=O)NC2CCCCC2)cs1)c1ccc(C(=O)O)s1. The maximum absolute atomic E-state index is 12.3. The molecule has 0 aromatic carbocycles. The van der Waals surface area contributed by atoms with Crippen LogP contribution in [0.3, 0.4) is 0 Å². The monoisotopic (exact) mass is 376 g/mol. The molecule has 0 unspecified atom stereocenters. The molecule has 2 aromatic rings. The summed E-state index contributed by atoms with van der Waals surface area (Å²) in [5.41, 5.74) is 1.39. The number of allylic oxidation sites excluding steroid dienone is 1. The summed E-state index contributed by atoms with van der Waals surface area (Å²) in [5.74, 6) is -1.02. The first kappa shape index (κ1) is 17.8. The van der Waals surface area contributed by atoms with Gasteiger partial charge >= 0.3 is 5.97 Å². The number of hydrogen-bond acceptors (Lipinski definition) is 5. The second-order valence-electron chi connectivity index (χ2n) is 6.18. The first-order chi connectivity index (χ1) is 12.0. The predicted octanol–water partition coefficient (Wildman–Crippen LogP) is 4.53. The number of rotatable bonds is 5. The average molecular weight is 377 g/mol. The van der Waals surface area contributed by atoms with Crippen molar-refractivity contribution < 1.29 is 14.7 Å². The van der Waals surface area contributed by atoms with E-state index in [0.717, 1.165) is 28.3 Å². The molecule has 1 amide bonds. The number of nitrogens with zero attached hydrogens (tertiary/aromatic N) is 1. The zero-order valence-corrected chi connectivity index (χ0v) is 15.6. The van der Waals surface area contributed by atoms with Gasteiger partial charge in [-0.25, -0.2) is 9.78 Å². The van der Waals surface area contributed by atoms with Crippen molar-refractivity contribution in [1.82, 2.24) is 10.3 Å². The van der Waals surface area contributed by atoms with E-state index in [1.165, 1.54) is 41.9 Å². The molecular weight excluding hydrogens is 356 g/mol. The predicted molar refractivity (Wildman–Crippen MR) is 101 cm³/mol. The minimum Gasteiger partial charge on any atom is -0.477 e. The second kappa shape index (κ2) is 7.93. The first-order valence-electron chi connectivity index (χ1n) is 8.31. The number of carbonyl (C=O) groups excluding carboxylic acids is 1. The quantitative estimate of drug-likeness (QED) is 0.804. The Morgan fingerprint density at radius 1 is 1.24 bits per heavy atom. The Hall–Kier alpha value is -1.99. The van der Waals surface area contributed by atoms with Crippen LogP contribution in [0.2, 0.25) is 0 Å². The fourth-order valence-electron chi connectivity index (χ4n) is 2.89. The highest BCUT2D eigenvalue weighted by Crippen LogP contribution is 2.26. The summed E-state index contributed by atoms with van der Waals surface area (Å²) in [4.78, 5) is 28.9. The molecule has 1 aliphatic rings. The van der Waals surface area contributed by atoms with Gasteiger partial charge in [-0.1, -0.05) is 19.3 Å². The average Bonchev–Trinajstić information content (AvgIpc) is 3.25. The topological polar surface area (TPSA) is 79.3 Å². The van der Waals surface area contributed by atoms with Crippen LogP contribution in [0.15, 0.2) is 17.5 Å². The molecule has 1 aliphatic carbocycles. The van der Waals surface area contributed by atoms with Gasteiger partial charge in [0.05, 0.1) is 0 Å². The largest absolute Gasteiger partial charge is 0.477 e. The van der Waals surface area contributed by atoms with E-state index in [-0.39, 0.29) is 11.9 Å². The Morgan fingerprint density at radius 2 is 1.96 bits per heavy atom. The molecule has 132 valence electrons. The highest BCUT2D eigenvalue weighted by Gasteiger charge is 2.18. The lowest BCUT2D eigenvalue weighted by Gasteiger charge is -2.22. The summed E-state index contributed by atoms with van der Waals surface area (Å²) >= 11 is 2.65. The molecule has 2 aromatic heterocycles. The highest BCUT2D eigenvalue weighted by molar-refractivity contribution is 7.15. The van der Waals surface area contributed by atoms with E-state index in [9.17, 15) is 9.59 Å². The van der Waals surface area contributed by atoms with E-state index in [1.54, 1.807) is 17.5 Å². The lowest BCUT2D eigenvalue weighted by atomic mass is 9.95. The molecule has 5 nitrogen and oxygen atoms in total. The number of aromatic nitrogens is 1. The molecule has 1 saturated carbocycles. The van der Waals surface area contributed by atoms with Gasteiger partial charge in [-0.2, -0.15) is 0 Å². The van der Waals surface area contributed by atoms with Crippen LogP contribution in [-0.2, 0) is 0 Å². The number of amides is 1. The smallest absolute Gasteiger partial charge is 0.345 e. The maximum Gasteiger partial charge on any atom is 0.345 e. The molecule has 2 heterocycles. The second-order valence-corrected chi connectivity index (χ2v) is 8.15. The first-order valence-corrected chi connectivity index (χ1v) is 10.0. The summed E-state index contributed by atoms with van der Waals surface area (Å²) in [6.45, 7) is 1.92. The lowest BCUT2D eigenvalue weighted by Crippen LogP contribution is -2.36. The minimum absolute atomic E-state index is 0.107. The standard InChI is InChI=1S/C18H20N2O3S2/c1-11(14-7-8-15(25-14)18(22)23)9-16-20-13(10-24-16)17(21)19-12-5-3-2-4-6-12/h7-10,12H,2-6H2,1H3,(H,19,21)(H,22,23)/b11-9+. The van der Waals surface area contributed by atoms with Gasteiger partial charge in [-0.15, -0.1) is 22.7 Å². The number of carboxylic acid groups (broad SMARTS) is 1. The van der Waals surface area contributed by atoms with Gasteiger partial charge in [0.1, 0.15) is 15.6 Å². The summed E-state index contributed by atoms with van der Waals surface area (Å²) < 4.78 is 0. The van der Waals surface area contributed by atoms with Crippen LogP contribution >= 0.6 is 22.7 Å². The number of hydrogen-bond donors (Lipinski definition) is 2. The van der Waals surface area contributed by atoms with Crippen LogP contribution in [0.1, 0.15) is 69.1 Å². The zero-order chi connectivity index (χ0) is 17.8. The number of nitrogens with one attached hydrogen (secondary N) is 1. The molecule has 0 spiro atoms. The van der Waals surface area contributed by atoms with Crippen LogP contribution in [0.5, 0.6) is 0 Å². The molecular formula is C18H20N2O3S2. The van der Waals surface area contributed by atoms with Crippen LogP contribution in [0.25, 0.3) is 11.6 Å². The summed E-state index contributed by atoms with van der Waals surface area (Å²) in [6.07, 6.45) is 7.59. The third kappa shape index (κ3) is 4.55. The van der Waals surface area contributed by atoms with E-state index < -0.39 is 5.97 Å². The normalized spacial score (nSPS) is 16.0. The van der Waals surface area contributed by atoms with Crippen LogP contribution in [0.4, 0.5) is 0 Å². The summed E-state index contributed by atoms with van der Waals surface area (Å²) in [7, 11) is 0. The van der Waals surface area contributed by atoms with Gasteiger partial charge in [-0.3, -0.25) is 4.79 Å². The number of aromatic carboxylic acids is 1. The van der Waals surface area contributed by atoms with Crippen molar-refractivity contribution in [2.45, 2.75) is 45.1 Å². The van der Waals surface area contributed by atoms with Gasteiger partial charge in [-0.05, 0) is 43.5 Å². The van der Waals surface area contributed by atoms with Crippen LogP contribution in [-0.4, -0.2) is 28.0 Å². The molecule has 0 radical (unpaired) electrons. The minimum atomic E-state index is -0.917. The van der Waals surface area contributed by atoms with Gasteiger partial charge in [0.15, 0.2) is 0 Å². The summed E-state index contributed by atoms with van der Waals surface area (Å²) in [6, 6.07) is 3.67. The van der Waals surface area contributed by atoms with E-state index in [0.29, 0.717) is 10.6 Å². The Balaban J connectivity index is 1.67. The molecule has 1 fully saturated rings. The highest BCUT2D eigenvalue weighted by atomic mass is 32.1. The van der Waals surface area contributed by atoms with E-state index in [4.69, 9.17) is 5.11 Å². The van der Waals surface area contributed by atoms with Gasteiger partial charge in [0.25, 0.3) is 5.91 Å². The van der Waals surface area contributed by atoms with Crippen molar-refractivity contribution in [2.75, 3.05) is 0 Å². The molecule has 0 bridgehead atoms. The van der Waals surface area contributed by atoms with Crippen molar-refractivity contribution in [3.8, 4) is 0 Å². The fourth-order valence-corrected chi connectivity index (χ4v) is 4.49. The third-order valence-corrected chi connectivity index (χ3v) is 6.24. The van der Waals surface area contributed by atoms with E-state index in [2.05, 4.69) is 10.3 Å². The van der Waals surface area contributed by atoms with Crippen molar-refractivity contribution in [3.63, 3.8) is 0 Å². The number of carbonyl (C=O) groups is 2. The zero-order valence-electron chi connectivity index (χ0n) is 13.9. The Kier molecular flexibility index (Phi) is 5.65. The van der Waals surface area contributed by atoms with Crippen molar-refractivity contribution in [2.24, 2.45) is 0 Å². The Bertz CT molecular complexity index is 801. The molecule has 3 rings (SSSR count). The van der Waals surface area contributed by atoms with E-state index >= 15 is 0 Å². The van der Waals surface area contributed by atoms with Gasteiger partial charge in [0, 0.05) is 16.3 Å². The Labute approximate surface area is 154 Å². The van der Waals surface area contributed by atoms with Crippen molar-refractivity contribution in [3.05, 3.63) is 38.0 Å². The van der Waals surface area contributed by atoms with Gasteiger partial charge in [0.2, 0.25) is 0 Å². The van der Waals surface area contributed by atoms with Crippen molar-refractivity contribution in [1.29, 1.82) is 0 Å².